The summed E-state index contributed by atoms with van der Waals surface area (Å²) in [6.45, 7) is 10.7. The summed E-state index contributed by atoms with van der Waals surface area (Å²) in [6.07, 6.45) is 5.43. The lowest BCUT2D eigenvalue weighted by molar-refractivity contribution is -0.133. The topological polar surface area (TPSA) is 73.9 Å². The molecular weight excluding hydrogens is 639 g/mol. The first-order valence-corrected chi connectivity index (χ1v) is 19.7. The van der Waals surface area contributed by atoms with E-state index >= 15 is 8.78 Å². The van der Waals surface area contributed by atoms with E-state index in [1.54, 1.807) is 4.90 Å². The number of carbonyl (C=O) groups excluding carboxylic acids is 2. The Balaban J connectivity index is 0.912. The lowest BCUT2D eigenvalue weighted by atomic mass is 9.50. The van der Waals surface area contributed by atoms with Crippen molar-refractivity contribution in [3.63, 3.8) is 0 Å². The van der Waals surface area contributed by atoms with Crippen molar-refractivity contribution >= 4 is 41.9 Å². The van der Waals surface area contributed by atoms with Crippen LogP contribution in [0.3, 0.4) is 0 Å². The Morgan fingerprint density at radius 3 is 1.98 bits per heavy atom. The monoisotopic (exact) mass is 686 g/mol. The van der Waals surface area contributed by atoms with E-state index in [0.29, 0.717) is 24.4 Å². The van der Waals surface area contributed by atoms with Gasteiger partial charge in [0.15, 0.2) is 11.6 Å². The third-order valence-corrected chi connectivity index (χ3v) is 16.4. The van der Waals surface area contributed by atoms with Gasteiger partial charge in [0, 0.05) is 50.9 Å². The number of carbonyl (C=O) groups is 2. The van der Waals surface area contributed by atoms with E-state index < -0.39 is 31.9 Å². The molecule has 1 atom stereocenters. The minimum absolute atomic E-state index is 0.0162. The zero-order chi connectivity index (χ0) is 34.4. The number of rotatable bonds is 9. The number of imide groups is 1. The molecule has 4 aliphatic rings. The van der Waals surface area contributed by atoms with E-state index in [9.17, 15) is 9.59 Å². The molecule has 7 rings (SSSR count). The van der Waals surface area contributed by atoms with Crippen molar-refractivity contribution in [1.82, 2.24) is 10.2 Å². The van der Waals surface area contributed by atoms with E-state index in [4.69, 9.17) is 4.43 Å². The average Bonchev–Trinajstić information content (AvgIpc) is 3.03. The van der Waals surface area contributed by atoms with Crippen LogP contribution < -0.4 is 25.9 Å². The van der Waals surface area contributed by atoms with E-state index in [1.807, 2.05) is 0 Å². The number of hydrogen-bond acceptors (Lipinski definition) is 6. The zero-order valence-electron chi connectivity index (χ0n) is 28.8. The largest absolute Gasteiger partial charge is 0.404 e. The van der Waals surface area contributed by atoms with Crippen molar-refractivity contribution in [1.29, 1.82) is 0 Å². The maximum atomic E-state index is 15.2. The lowest BCUT2D eigenvalue weighted by Gasteiger charge is -2.60. The molecule has 2 amide bonds. The Kier molecular flexibility index (Phi) is 9.17. The summed E-state index contributed by atoms with van der Waals surface area (Å²) in [5.41, 5.74) is 0.566. The van der Waals surface area contributed by atoms with E-state index in [-0.39, 0.29) is 41.3 Å². The number of piperazine rings is 1. The maximum Gasteiger partial charge on any atom is 0.261 e. The molecule has 3 aromatic rings. The Bertz CT molecular complexity index is 1600. The lowest BCUT2D eigenvalue weighted by Crippen LogP contribution is -2.69. The van der Waals surface area contributed by atoms with Gasteiger partial charge in [-0.25, -0.2) is 8.78 Å². The van der Waals surface area contributed by atoms with Gasteiger partial charge in [0.25, 0.3) is 8.32 Å². The maximum absolute atomic E-state index is 15.2. The minimum Gasteiger partial charge on any atom is -0.404 e. The Morgan fingerprint density at radius 1 is 0.878 bits per heavy atom. The fourth-order valence-corrected chi connectivity index (χ4v) is 13.7. The third kappa shape index (κ3) is 6.67. The molecule has 2 saturated heterocycles. The standard InChI is InChI=1S/C39H48F2N4O3Si/c1-38(2,3)49(30-10-6-4-7-11-30,31-12-8-5-9-13-31)48-29-24-39(25-29)22-27(23-39)26-44-16-18-45(19-17-44)36-32(40)20-28(21-33(36)41)42-34-14-15-35(46)43-37(34)47/h4-13,20-21,27,29,34,42H,14-19,22-26H2,1-3H3,(H,43,46,47). The Labute approximate surface area is 289 Å². The molecule has 49 heavy (non-hydrogen) atoms. The normalized spacial score (nSPS) is 26.2. The first-order valence-electron chi connectivity index (χ1n) is 17.8. The van der Waals surface area contributed by atoms with E-state index in [1.165, 1.54) is 35.3 Å². The zero-order valence-corrected chi connectivity index (χ0v) is 29.8. The number of piperidine rings is 1. The van der Waals surface area contributed by atoms with Crippen LogP contribution in [-0.2, 0) is 14.0 Å². The van der Waals surface area contributed by atoms with E-state index in [2.05, 4.69) is 97.0 Å². The van der Waals surface area contributed by atoms with E-state index in [0.717, 1.165) is 32.5 Å². The number of nitrogens with zero attached hydrogens (tertiary/aromatic N) is 2. The van der Waals surface area contributed by atoms with Gasteiger partial charge in [0.1, 0.15) is 11.7 Å². The van der Waals surface area contributed by atoms with Crippen LogP contribution in [0, 0.1) is 23.0 Å². The summed E-state index contributed by atoms with van der Waals surface area (Å²) >= 11 is 0. The smallest absolute Gasteiger partial charge is 0.261 e. The first-order chi connectivity index (χ1) is 23.4. The molecule has 0 bridgehead atoms. The van der Waals surface area contributed by atoms with Crippen LogP contribution in [0.2, 0.25) is 5.04 Å². The van der Waals surface area contributed by atoms with Crippen LogP contribution in [0.15, 0.2) is 72.8 Å². The highest BCUT2D eigenvalue weighted by Gasteiger charge is 2.58. The number of amides is 2. The van der Waals surface area contributed by atoms with Crippen molar-refractivity contribution in [3.8, 4) is 0 Å². The van der Waals surface area contributed by atoms with Crippen LogP contribution in [0.4, 0.5) is 20.2 Å². The summed E-state index contributed by atoms with van der Waals surface area (Å²) in [5.74, 6) is -1.46. The van der Waals surface area contributed by atoms with Crippen molar-refractivity contribution in [3.05, 3.63) is 84.4 Å². The SMILES string of the molecule is CC(C)(C)[Si](OC1CC2(CC(CN3CCN(c4c(F)cc(NC5CCC(=O)NC5=O)cc4F)CC3)C2)C1)(c1ccccc1)c1ccccc1. The molecule has 0 aromatic heterocycles. The van der Waals surface area contributed by atoms with Gasteiger partial charge in [-0.1, -0.05) is 81.4 Å². The summed E-state index contributed by atoms with van der Waals surface area (Å²) < 4.78 is 37.8. The average molecular weight is 687 g/mol. The van der Waals surface area contributed by atoms with Gasteiger partial charge in [-0.2, -0.15) is 0 Å². The molecule has 0 radical (unpaired) electrons. The van der Waals surface area contributed by atoms with Crippen LogP contribution in [0.5, 0.6) is 0 Å². The second-order valence-electron chi connectivity index (χ2n) is 15.8. The molecule has 1 spiro atoms. The molecule has 10 heteroatoms. The van der Waals surface area contributed by atoms with Crippen molar-refractivity contribution in [2.75, 3.05) is 42.9 Å². The Hall–Kier alpha value is -3.60. The fourth-order valence-electron chi connectivity index (χ4n) is 9.06. The van der Waals surface area contributed by atoms with Gasteiger partial charge in [0.2, 0.25) is 11.8 Å². The minimum atomic E-state index is -2.54. The molecule has 2 N–H and O–H groups in total. The number of nitrogens with one attached hydrogen (secondary N) is 2. The van der Waals surface area contributed by atoms with Crippen LogP contribution >= 0.6 is 0 Å². The van der Waals surface area contributed by atoms with Gasteiger partial charge >= 0.3 is 0 Å². The van der Waals surface area contributed by atoms with Crippen molar-refractivity contribution in [2.45, 2.75) is 76.5 Å². The second-order valence-corrected chi connectivity index (χ2v) is 20.1. The first kappa shape index (κ1) is 33.9. The highest BCUT2D eigenvalue weighted by Crippen LogP contribution is 2.60. The van der Waals surface area contributed by atoms with Crippen LogP contribution in [0.25, 0.3) is 0 Å². The second kappa shape index (κ2) is 13.3. The summed E-state index contributed by atoms with van der Waals surface area (Å²) in [4.78, 5) is 27.7. The Morgan fingerprint density at radius 2 is 1.45 bits per heavy atom. The molecule has 2 saturated carbocycles. The molecule has 2 heterocycles. The molecule has 7 nitrogen and oxygen atoms in total. The quantitative estimate of drug-likeness (QED) is 0.231. The molecule has 1 unspecified atom stereocenters. The number of halogens is 2. The van der Waals surface area contributed by atoms with Gasteiger partial charge in [-0.3, -0.25) is 19.8 Å². The number of benzene rings is 3. The fraction of sp³-hybridized carbons (Fsp3) is 0.487. The molecular formula is C39H48F2N4O3Si. The summed E-state index contributed by atoms with van der Waals surface area (Å²) in [7, 11) is -2.54. The van der Waals surface area contributed by atoms with Crippen molar-refractivity contribution < 1.29 is 22.8 Å². The predicted molar refractivity (Wildman–Crippen MR) is 192 cm³/mol. The summed E-state index contributed by atoms with van der Waals surface area (Å²) in [6, 6.07) is 23.6. The highest BCUT2D eigenvalue weighted by atomic mass is 28.4. The molecule has 3 aromatic carbocycles. The number of anilines is 2. The van der Waals surface area contributed by atoms with Gasteiger partial charge in [0.05, 0.1) is 0 Å². The summed E-state index contributed by atoms with van der Waals surface area (Å²) in [5, 5.41) is 7.78. The van der Waals surface area contributed by atoms with Crippen LogP contribution in [0.1, 0.15) is 59.3 Å². The molecule has 2 aliphatic carbocycles. The van der Waals surface area contributed by atoms with Gasteiger partial charge < -0.3 is 14.6 Å². The number of hydrogen-bond donors (Lipinski definition) is 2. The van der Waals surface area contributed by atoms with Gasteiger partial charge in [-0.05, 0) is 71.0 Å². The third-order valence-electron chi connectivity index (χ3n) is 11.3. The predicted octanol–water partition coefficient (Wildman–Crippen LogP) is 5.44. The molecule has 2 aliphatic heterocycles. The molecule has 260 valence electrons. The molecule has 4 fully saturated rings. The van der Waals surface area contributed by atoms with Gasteiger partial charge in [-0.15, -0.1) is 0 Å². The highest BCUT2D eigenvalue weighted by molar-refractivity contribution is 6.99. The van der Waals surface area contributed by atoms with Crippen molar-refractivity contribution in [2.24, 2.45) is 11.3 Å². The van der Waals surface area contributed by atoms with Crippen LogP contribution in [-0.4, -0.2) is 69.9 Å².